The fourth-order valence-electron chi connectivity index (χ4n) is 1.39. The van der Waals surface area contributed by atoms with Crippen molar-refractivity contribution in [3.63, 3.8) is 0 Å². The summed E-state index contributed by atoms with van der Waals surface area (Å²) in [5, 5.41) is 30.5. The maximum atomic E-state index is 10.6. The molecule has 0 radical (unpaired) electrons. The third-order valence-corrected chi connectivity index (χ3v) is 2.83. The van der Waals surface area contributed by atoms with Gasteiger partial charge in [-0.05, 0) is 19.4 Å². The molecule has 17 heavy (non-hydrogen) atoms. The second-order valence-corrected chi connectivity index (χ2v) is 4.44. The minimum atomic E-state index is -1.13. The topological polar surface area (TPSA) is 96.5 Å². The molecule has 1 aromatic rings. The Morgan fingerprint density at radius 2 is 2.24 bits per heavy atom. The standard InChI is InChI=1S/C10H13BrN2O4/c1-6-4-7(10(15)9(14)2-3-11)12-5-8(6)13(16)17/h4-5,9-10,14-15H,2-3H2,1H3. The van der Waals surface area contributed by atoms with Gasteiger partial charge in [-0.15, -0.1) is 0 Å². The van der Waals surface area contributed by atoms with Crippen molar-refractivity contribution in [2.24, 2.45) is 0 Å². The van der Waals surface area contributed by atoms with Crippen molar-refractivity contribution in [1.82, 2.24) is 4.98 Å². The summed E-state index contributed by atoms with van der Waals surface area (Å²) in [5.41, 5.74) is 0.544. The zero-order valence-corrected chi connectivity index (χ0v) is 10.8. The summed E-state index contributed by atoms with van der Waals surface area (Å²) < 4.78 is 0. The molecule has 0 fully saturated rings. The van der Waals surface area contributed by atoms with Gasteiger partial charge in [-0.3, -0.25) is 15.1 Å². The molecule has 94 valence electrons. The Bertz CT molecular complexity index is 413. The van der Waals surface area contributed by atoms with Crippen LogP contribution in [0.5, 0.6) is 0 Å². The maximum absolute atomic E-state index is 10.6. The number of hydrogen-bond acceptors (Lipinski definition) is 5. The lowest BCUT2D eigenvalue weighted by Crippen LogP contribution is -2.19. The first-order valence-corrected chi connectivity index (χ1v) is 6.12. The molecule has 0 aromatic carbocycles. The zero-order chi connectivity index (χ0) is 13.0. The molecule has 2 unspecified atom stereocenters. The van der Waals surface area contributed by atoms with E-state index < -0.39 is 17.1 Å². The number of aromatic nitrogens is 1. The van der Waals surface area contributed by atoms with Crippen LogP contribution in [0, 0.1) is 17.0 Å². The molecule has 7 heteroatoms. The van der Waals surface area contributed by atoms with E-state index >= 15 is 0 Å². The average Bonchev–Trinajstić information content (AvgIpc) is 2.27. The quantitative estimate of drug-likeness (QED) is 0.488. The lowest BCUT2D eigenvalue weighted by molar-refractivity contribution is -0.385. The predicted octanol–water partition coefficient (Wildman–Crippen LogP) is 1.48. The first-order chi connectivity index (χ1) is 7.97. The predicted molar refractivity (Wildman–Crippen MR) is 65.0 cm³/mol. The van der Waals surface area contributed by atoms with Crippen LogP contribution in [0.1, 0.15) is 23.8 Å². The SMILES string of the molecule is Cc1cc(C(O)C(O)CCBr)ncc1[N+](=O)[O-]. The normalized spacial score (nSPS) is 14.4. The van der Waals surface area contributed by atoms with Gasteiger partial charge >= 0.3 is 0 Å². The number of pyridine rings is 1. The molecular formula is C10H13BrN2O4. The van der Waals surface area contributed by atoms with E-state index in [4.69, 9.17) is 0 Å². The van der Waals surface area contributed by atoms with E-state index in [1.807, 2.05) is 0 Å². The number of nitrogens with zero attached hydrogens (tertiary/aromatic N) is 2. The summed E-state index contributed by atoms with van der Waals surface area (Å²) in [5.74, 6) is 0. The van der Waals surface area contributed by atoms with Crippen LogP contribution in [0.15, 0.2) is 12.3 Å². The van der Waals surface area contributed by atoms with Gasteiger partial charge in [0, 0.05) is 10.9 Å². The lowest BCUT2D eigenvalue weighted by Gasteiger charge is -2.16. The van der Waals surface area contributed by atoms with Crippen molar-refractivity contribution in [2.45, 2.75) is 25.6 Å². The number of alkyl halides is 1. The van der Waals surface area contributed by atoms with E-state index in [0.717, 1.165) is 6.20 Å². The van der Waals surface area contributed by atoms with Gasteiger partial charge in [-0.1, -0.05) is 15.9 Å². The van der Waals surface area contributed by atoms with Crippen molar-refractivity contribution in [2.75, 3.05) is 5.33 Å². The van der Waals surface area contributed by atoms with E-state index in [1.165, 1.54) is 6.07 Å². The Balaban J connectivity index is 2.93. The van der Waals surface area contributed by atoms with Gasteiger partial charge in [0.2, 0.25) is 0 Å². The van der Waals surface area contributed by atoms with Gasteiger partial charge in [-0.2, -0.15) is 0 Å². The second kappa shape index (κ2) is 6.04. The summed E-state index contributed by atoms with van der Waals surface area (Å²) >= 11 is 3.16. The molecule has 0 saturated heterocycles. The average molecular weight is 305 g/mol. The molecule has 2 atom stereocenters. The summed E-state index contributed by atoms with van der Waals surface area (Å²) in [7, 11) is 0. The van der Waals surface area contributed by atoms with E-state index in [9.17, 15) is 20.3 Å². The minimum Gasteiger partial charge on any atom is -0.390 e. The number of nitro groups is 1. The van der Waals surface area contributed by atoms with Crippen LogP contribution in [0.4, 0.5) is 5.69 Å². The molecule has 0 amide bonds. The Labute approximate surface area is 107 Å². The molecule has 0 aliphatic heterocycles. The number of rotatable bonds is 5. The Morgan fingerprint density at radius 3 is 2.71 bits per heavy atom. The number of aliphatic hydroxyl groups is 2. The van der Waals surface area contributed by atoms with Crippen LogP contribution in [0.25, 0.3) is 0 Å². The van der Waals surface area contributed by atoms with Crippen molar-refractivity contribution in [3.05, 3.63) is 33.6 Å². The highest BCUT2D eigenvalue weighted by atomic mass is 79.9. The number of halogens is 1. The molecule has 0 saturated carbocycles. The van der Waals surface area contributed by atoms with Crippen LogP contribution in [-0.2, 0) is 0 Å². The van der Waals surface area contributed by atoms with Gasteiger partial charge in [0.05, 0.1) is 16.7 Å². The van der Waals surface area contributed by atoms with Gasteiger partial charge in [-0.25, -0.2) is 0 Å². The smallest absolute Gasteiger partial charge is 0.290 e. The largest absolute Gasteiger partial charge is 0.390 e. The van der Waals surface area contributed by atoms with Gasteiger partial charge in [0.15, 0.2) is 0 Å². The van der Waals surface area contributed by atoms with Gasteiger partial charge in [0.25, 0.3) is 5.69 Å². The molecule has 6 nitrogen and oxygen atoms in total. The molecule has 0 aliphatic carbocycles. The fraction of sp³-hybridized carbons (Fsp3) is 0.500. The Morgan fingerprint density at radius 1 is 1.59 bits per heavy atom. The first-order valence-electron chi connectivity index (χ1n) is 5.00. The summed E-state index contributed by atoms with van der Waals surface area (Å²) in [6.45, 7) is 1.56. The van der Waals surface area contributed by atoms with Gasteiger partial charge < -0.3 is 10.2 Å². The molecule has 1 heterocycles. The molecule has 0 spiro atoms. The highest BCUT2D eigenvalue weighted by Gasteiger charge is 2.21. The molecule has 1 aromatic heterocycles. The van der Waals surface area contributed by atoms with Crippen LogP contribution < -0.4 is 0 Å². The van der Waals surface area contributed by atoms with Crippen LogP contribution >= 0.6 is 15.9 Å². The van der Waals surface area contributed by atoms with Crippen molar-refractivity contribution in [3.8, 4) is 0 Å². The Kier molecular flexibility index (Phi) is 4.98. The molecule has 0 aliphatic rings. The minimum absolute atomic E-state index is 0.101. The molecule has 0 bridgehead atoms. The highest BCUT2D eigenvalue weighted by molar-refractivity contribution is 9.09. The zero-order valence-electron chi connectivity index (χ0n) is 9.21. The maximum Gasteiger partial charge on any atom is 0.290 e. The summed E-state index contributed by atoms with van der Waals surface area (Å²) in [6.07, 6.45) is -0.608. The van der Waals surface area contributed by atoms with Crippen LogP contribution in [0.3, 0.4) is 0 Å². The molecule has 2 N–H and O–H groups in total. The van der Waals surface area contributed by atoms with E-state index in [2.05, 4.69) is 20.9 Å². The second-order valence-electron chi connectivity index (χ2n) is 3.64. The third kappa shape index (κ3) is 3.45. The summed E-state index contributed by atoms with van der Waals surface area (Å²) in [4.78, 5) is 13.8. The van der Waals surface area contributed by atoms with Crippen molar-refractivity contribution < 1.29 is 15.1 Å². The van der Waals surface area contributed by atoms with Crippen molar-refractivity contribution >= 4 is 21.6 Å². The fourth-order valence-corrected chi connectivity index (χ4v) is 1.86. The van der Waals surface area contributed by atoms with E-state index in [0.29, 0.717) is 17.3 Å². The van der Waals surface area contributed by atoms with Gasteiger partial charge in [0.1, 0.15) is 12.3 Å². The van der Waals surface area contributed by atoms with E-state index in [1.54, 1.807) is 6.92 Å². The highest BCUT2D eigenvalue weighted by Crippen LogP contribution is 2.23. The molecular weight excluding hydrogens is 292 g/mol. The van der Waals surface area contributed by atoms with Crippen molar-refractivity contribution in [1.29, 1.82) is 0 Å². The molecule has 1 rings (SSSR count). The van der Waals surface area contributed by atoms with Crippen LogP contribution in [0.2, 0.25) is 0 Å². The Hall–Kier alpha value is -1.05. The summed E-state index contributed by atoms with van der Waals surface area (Å²) in [6, 6.07) is 1.42. The monoisotopic (exact) mass is 304 g/mol. The number of aliphatic hydroxyl groups excluding tert-OH is 2. The number of aryl methyl sites for hydroxylation is 1. The van der Waals surface area contributed by atoms with E-state index in [-0.39, 0.29) is 11.4 Å². The van der Waals surface area contributed by atoms with Crippen LogP contribution in [-0.4, -0.2) is 31.6 Å². The first kappa shape index (κ1) is 14.0. The lowest BCUT2D eigenvalue weighted by atomic mass is 10.1. The number of hydrogen-bond donors (Lipinski definition) is 2. The third-order valence-electron chi connectivity index (χ3n) is 2.37.